The molecule has 3 atom stereocenters. The molecule has 1 aliphatic rings. The number of carboxylic acids is 1. The van der Waals surface area contributed by atoms with Crippen molar-refractivity contribution in [2.24, 2.45) is 5.41 Å². The molecule has 2 rings (SSSR count). The molecule has 4 heteroatoms. The fourth-order valence-corrected chi connectivity index (χ4v) is 2.88. The standard InChI is InChI=1S/C16H23NO3/c1-4-16(3)13(10-14(16)20-5-2)17-12-8-6-11(7-9-12)15(18)19/h6-9,13-14,17H,4-5,10H2,1-3H3,(H,18,19). The number of ether oxygens (including phenoxy) is 1. The maximum Gasteiger partial charge on any atom is 0.335 e. The predicted octanol–water partition coefficient (Wildman–Crippen LogP) is 3.39. The van der Waals surface area contributed by atoms with Gasteiger partial charge in [-0.25, -0.2) is 4.79 Å². The molecule has 1 aliphatic carbocycles. The van der Waals surface area contributed by atoms with Gasteiger partial charge in [-0.15, -0.1) is 0 Å². The van der Waals surface area contributed by atoms with Gasteiger partial charge in [-0.2, -0.15) is 0 Å². The van der Waals surface area contributed by atoms with E-state index in [9.17, 15) is 4.79 Å². The molecule has 0 radical (unpaired) electrons. The molecule has 0 amide bonds. The second-order valence-corrected chi connectivity index (χ2v) is 5.62. The summed E-state index contributed by atoms with van der Waals surface area (Å²) in [5.74, 6) is -0.894. The molecule has 0 heterocycles. The summed E-state index contributed by atoms with van der Waals surface area (Å²) in [5.41, 5.74) is 1.42. The zero-order valence-corrected chi connectivity index (χ0v) is 12.3. The first kappa shape index (κ1) is 14.9. The van der Waals surface area contributed by atoms with E-state index in [1.54, 1.807) is 12.1 Å². The van der Waals surface area contributed by atoms with E-state index in [0.29, 0.717) is 17.7 Å². The normalized spacial score (nSPS) is 28.8. The Morgan fingerprint density at radius 3 is 2.55 bits per heavy atom. The van der Waals surface area contributed by atoms with Crippen LogP contribution < -0.4 is 5.32 Å². The Balaban J connectivity index is 2.02. The zero-order chi connectivity index (χ0) is 14.8. The van der Waals surface area contributed by atoms with Gasteiger partial charge in [0, 0.05) is 23.8 Å². The van der Waals surface area contributed by atoms with Gasteiger partial charge in [0.15, 0.2) is 0 Å². The van der Waals surface area contributed by atoms with Gasteiger partial charge in [0.25, 0.3) is 0 Å². The Bertz CT molecular complexity index is 471. The van der Waals surface area contributed by atoms with Crippen molar-refractivity contribution in [1.82, 2.24) is 0 Å². The first-order valence-electron chi connectivity index (χ1n) is 7.22. The van der Waals surface area contributed by atoms with Crippen molar-refractivity contribution in [3.63, 3.8) is 0 Å². The Hall–Kier alpha value is -1.55. The topological polar surface area (TPSA) is 58.6 Å². The maximum absolute atomic E-state index is 10.8. The van der Waals surface area contributed by atoms with Crippen molar-refractivity contribution in [2.45, 2.75) is 45.8 Å². The zero-order valence-electron chi connectivity index (χ0n) is 12.3. The fraction of sp³-hybridized carbons (Fsp3) is 0.562. The van der Waals surface area contributed by atoms with E-state index in [4.69, 9.17) is 9.84 Å². The van der Waals surface area contributed by atoms with Gasteiger partial charge in [0.2, 0.25) is 0 Å². The number of hydrogen-bond donors (Lipinski definition) is 2. The van der Waals surface area contributed by atoms with Crippen LogP contribution in [0.15, 0.2) is 24.3 Å². The number of hydrogen-bond acceptors (Lipinski definition) is 3. The van der Waals surface area contributed by atoms with Gasteiger partial charge >= 0.3 is 5.97 Å². The molecule has 2 N–H and O–H groups in total. The first-order chi connectivity index (χ1) is 9.51. The Morgan fingerprint density at radius 2 is 2.05 bits per heavy atom. The highest BCUT2D eigenvalue weighted by atomic mass is 16.5. The SMILES string of the molecule is CCOC1CC(Nc2ccc(C(=O)O)cc2)C1(C)CC. The number of rotatable bonds is 6. The fourth-order valence-electron chi connectivity index (χ4n) is 2.88. The van der Waals surface area contributed by atoms with E-state index in [-0.39, 0.29) is 5.41 Å². The average molecular weight is 277 g/mol. The Morgan fingerprint density at radius 1 is 1.40 bits per heavy atom. The minimum absolute atomic E-state index is 0.140. The molecule has 0 aliphatic heterocycles. The van der Waals surface area contributed by atoms with E-state index in [1.807, 2.05) is 19.1 Å². The predicted molar refractivity (Wildman–Crippen MR) is 79.2 cm³/mol. The third kappa shape index (κ3) is 2.66. The van der Waals surface area contributed by atoms with Crippen LogP contribution in [-0.4, -0.2) is 29.8 Å². The maximum atomic E-state index is 10.8. The summed E-state index contributed by atoms with van der Waals surface area (Å²) in [6.45, 7) is 7.22. The molecule has 1 saturated carbocycles. The van der Waals surface area contributed by atoms with Crippen LogP contribution in [0.5, 0.6) is 0 Å². The van der Waals surface area contributed by atoms with Crippen LogP contribution in [0.3, 0.4) is 0 Å². The lowest BCUT2D eigenvalue weighted by molar-refractivity contribution is -0.109. The van der Waals surface area contributed by atoms with Crippen LogP contribution in [0.4, 0.5) is 5.69 Å². The smallest absolute Gasteiger partial charge is 0.335 e. The van der Waals surface area contributed by atoms with Gasteiger partial charge < -0.3 is 15.2 Å². The minimum atomic E-state index is -0.894. The number of carbonyl (C=O) groups is 1. The number of anilines is 1. The lowest BCUT2D eigenvalue weighted by atomic mass is 9.61. The van der Waals surface area contributed by atoms with Crippen LogP contribution >= 0.6 is 0 Å². The van der Waals surface area contributed by atoms with E-state index in [1.165, 1.54) is 0 Å². The molecular weight excluding hydrogens is 254 g/mol. The molecule has 20 heavy (non-hydrogen) atoms. The third-order valence-corrected chi connectivity index (χ3v) is 4.58. The second kappa shape index (κ2) is 5.83. The Labute approximate surface area is 120 Å². The molecule has 110 valence electrons. The highest BCUT2D eigenvalue weighted by molar-refractivity contribution is 5.88. The minimum Gasteiger partial charge on any atom is -0.478 e. The number of carboxylic acid groups (broad SMARTS) is 1. The summed E-state index contributed by atoms with van der Waals surface area (Å²) < 4.78 is 5.79. The van der Waals surface area contributed by atoms with Crippen LogP contribution in [0.1, 0.15) is 44.0 Å². The second-order valence-electron chi connectivity index (χ2n) is 5.62. The summed E-state index contributed by atoms with van der Waals surface area (Å²) in [6.07, 6.45) is 2.37. The molecule has 0 spiro atoms. The molecule has 1 aromatic carbocycles. The van der Waals surface area contributed by atoms with Crippen molar-refractivity contribution in [3.8, 4) is 0 Å². The van der Waals surface area contributed by atoms with E-state index < -0.39 is 5.97 Å². The summed E-state index contributed by atoms with van der Waals surface area (Å²) in [4.78, 5) is 10.8. The van der Waals surface area contributed by atoms with Gasteiger partial charge in [-0.3, -0.25) is 0 Å². The molecule has 0 aromatic heterocycles. The van der Waals surface area contributed by atoms with Gasteiger partial charge in [-0.1, -0.05) is 13.8 Å². The van der Waals surface area contributed by atoms with Crippen molar-refractivity contribution >= 4 is 11.7 Å². The van der Waals surface area contributed by atoms with Crippen molar-refractivity contribution in [2.75, 3.05) is 11.9 Å². The highest BCUT2D eigenvalue weighted by Gasteiger charge is 2.51. The molecule has 1 fully saturated rings. The van der Waals surface area contributed by atoms with Gasteiger partial charge in [0.05, 0.1) is 11.7 Å². The van der Waals surface area contributed by atoms with Gasteiger partial charge in [-0.05, 0) is 44.0 Å². The number of nitrogens with one attached hydrogen (secondary N) is 1. The summed E-state index contributed by atoms with van der Waals surface area (Å²) >= 11 is 0. The lowest BCUT2D eigenvalue weighted by Crippen LogP contribution is -2.59. The van der Waals surface area contributed by atoms with Gasteiger partial charge in [0.1, 0.15) is 0 Å². The molecule has 0 bridgehead atoms. The molecular formula is C16H23NO3. The Kier molecular flexibility index (Phi) is 4.33. The van der Waals surface area contributed by atoms with E-state index in [2.05, 4.69) is 19.2 Å². The summed E-state index contributed by atoms with van der Waals surface area (Å²) in [5, 5.41) is 12.4. The molecule has 0 saturated heterocycles. The highest BCUT2D eigenvalue weighted by Crippen LogP contribution is 2.47. The van der Waals surface area contributed by atoms with Crippen LogP contribution in [0.25, 0.3) is 0 Å². The van der Waals surface area contributed by atoms with Crippen LogP contribution in [-0.2, 0) is 4.74 Å². The van der Waals surface area contributed by atoms with Crippen molar-refractivity contribution in [1.29, 1.82) is 0 Å². The molecule has 3 unspecified atom stereocenters. The monoisotopic (exact) mass is 277 g/mol. The van der Waals surface area contributed by atoms with Crippen LogP contribution in [0, 0.1) is 5.41 Å². The molecule has 1 aromatic rings. The summed E-state index contributed by atoms with van der Waals surface area (Å²) in [6, 6.07) is 7.29. The van der Waals surface area contributed by atoms with Crippen molar-refractivity contribution in [3.05, 3.63) is 29.8 Å². The van der Waals surface area contributed by atoms with E-state index in [0.717, 1.165) is 25.1 Å². The average Bonchev–Trinajstić information content (AvgIpc) is 2.45. The third-order valence-electron chi connectivity index (χ3n) is 4.58. The molecule has 4 nitrogen and oxygen atoms in total. The number of aromatic carboxylic acids is 1. The first-order valence-corrected chi connectivity index (χ1v) is 7.22. The van der Waals surface area contributed by atoms with Crippen LogP contribution in [0.2, 0.25) is 0 Å². The summed E-state index contributed by atoms with van der Waals surface area (Å²) in [7, 11) is 0. The largest absolute Gasteiger partial charge is 0.478 e. The van der Waals surface area contributed by atoms with E-state index >= 15 is 0 Å². The lowest BCUT2D eigenvalue weighted by Gasteiger charge is -2.54. The quantitative estimate of drug-likeness (QED) is 0.836. The van der Waals surface area contributed by atoms with Crippen molar-refractivity contribution < 1.29 is 14.6 Å². The number of benzene rings is 1.